The first-order chi connectivity index (χ1) is 34.9. The van der Waals surface area contributed by atoms with E-state index in [1.54, 1.807) is 302 Å². The van der Waals surface area contributed by atoms with Crippen LogP contribution in [0.3, 0.4) is 0 Å². The molecule has 29 aromatic rings. The molecule has 4 aliphatic carbocycles. The minimum atomic E-state index is -0.795. The van der Waals surface area contributed by atoms with Gasteiger partial charge in [-0.05, 0) is 308 Å². The first-order valence-corrected chi connectivity index (χ1v) is 26.0. The van der Waals surface area contributed by atoms with Crippen molar-refractivity contribution in [3.8, 4) is 0 Å². The van der Waals surface area contributed by atoms with Gasteiger partial charge in [0.1, 0.15) is 0 Å². The van der Waals surface area contributed by atoms with Crippen LogP contribution in [0.5, 0.6) is 0 Å². The predicted octanol–water partition coefficient (Wildman–Crippen LogP) is 18.1. The van der Waals surface area contributed by atoms with E-state index in [1.807, 2.05) is 0 Å². The van der Waals surface area contributed by atoms with Crippen molar-refractivity contribution < 1.29 is 4.84 Å². The van der Waals surface area contributed by atoms with Crippen LogP contribution in [0.2, 0.25) is 0 Å². The summed E-state index contributed by atoms with van der Waals surface area (Å²) in [6, 6.07) is 11.2. The molecule has 2 nitrogen and oxygen atoms in total. The largest absolute Gasteiger partial charge is 0.378 e. The van der Waals surface area contributed by atoms with Gasteiger partial charge in [-0.3, -0.25) is 0 Å². The van der Waals surface area contributed by atoms with Gasteiger partial charge in [0.25, 0.3) is 0 Å². The van der Waals surface area contributed by atoms with E-state index >= 15 is 0 Å². The highest BCUT2D eigenvalue weighted by atomic mass is 16.7. The van der Waals surface area contributed by atoms with E-state index in [2.05, 4.69) is 30.3 Å². The van der Waals surface area contributed by atoms with Gasteiger partial charge in [0.15, 0.2) is 0 Å². The molecule has 0 saturated carbocycles. The number of nitrogens with zero attached hydrogens (tertiary/aromatic N) is 1. The molecule has 1 heterocycles. The maximum Gasteiger partial charge on any atom is 0.204 e. The summed E-state index contributed by atoms with van der Waals surface area (Å²) in [5.74, 6) is 0. The monoisotopic (exact) mass is 853 g/mol. The SMILES string of the molecule is c1ccc(C2=NOC34c5c6c7c8c9c%10c(c%11c%12c3c3c5c5c%13c6c6c7c7c9c9c%14c%10c%10c%11c%11c%12c%12c3c3c5c5c%13c%13c6c6c7c9c7c9c%14c%10c%10c%11c%11c%12c3c3c5c5c%13c6c7c6c9c%10c%11c3c56)C84C2)cc1. The van der Waals surface area contributed by atoms with Gasteiger partial charge in [-0.15, -0.1) is 0 Å². The van der Waals surface area contributed by atoms with Gasteiger partial charge in [-0.1, -0.05) is 35.5 Å². The molecule has 0 saturated heterocycles. The maximum absolute atomic E-state index is 8.22. The lowest BCUT2D eigenvalue weighted by Crippen LogP contribution is -2.56. The minimum Gasteiger partial charge on any atom is -0.378 e. The highest BCUT2D eigenvalue weighted by molar-refractivity contribution is 6.82. The fraction of sp³-hybridized carbons (Fsp3) is 0.0441. The number of hydrogen-bond acceptors (Lipinski definition) is 2. The van der Waals surface area contributed by atoms with E-state index in [0.717, 1.165) is 12.1 Å². The standard InChI is InChI=1S/C68H7NO/c1-2-4-7(5-3-1)8-6-67-63-55-47-37-27-19-11-9-10-13-17-15(11)23-31-25(17)35-29-21(13)22-14(10)18-16-12(9)20(19)28-34-24(16)32-26(18)36-30(22)40-39(29)51-45(35)53-43(31)49(41(47)33(23)27)57(63)59(53)65-61(51)62-52(40)46(36)54-44(32)50-42(34)48(38(28)37)56(55)64(67)58(50)60(54)66(62)68(65,67)70-69-8/h1-5H,6H2. The fourth-order valence-corrected chi connectivity index (χ4v) is 25.0. The Kier molecular flexibility index (Phi) is 2.10. The zero-order chi connectivity index (χ0) is 41.3. The van der Waals surface area contributed by atoms with Gasteiger partial charge >= 0.3 is 0 Å². The molecule has 2 spiro atoms. The molecule has 0 N–H and O–H groups in total. The third-order valence-electron chi connectivity index (χ3n) is 25.2. The molecule has 0 amide bonds. The van der Waals surface area contributed by atoms with E-state index < -0.39 is 11.0 Å². The fourth-order valence-electron chi connectivity index (χ4n) is 25.0. The predicted molar refractivity (Wildman–Crippen MR) is 293 cm³/mol. The molecule has 1 aliphatic heterocycles. The summed E-state index contributed by atoms with van der Waals surface area (Å²) < 4.78 is 0. The van der Waals surface area contributed by atoms with Gasteiger partial charge in [0.2, 0.25) is 5.60 Å². The van der Waals surface area contributed by atoms with Crippen LogP contribution in [-0.2, 0) is 15.9 Å². The van der Waals surface area contributed by atoms with Crippen molar-refractivity contribution in [1.82, 2.24) is 0 Å². The molecule has 29 aromatic carbocycles. The van der Waals surface area contributed by atoms with E-state index in [4.69, 9.17) is 9.99 Å². The summed E-state index contributed by atoms with van der Waals surface area (Å²) in [5, 5.41) is 92.9. The highest BCUT2D eigenvalue weighted by Gasteiger charge is 2.73. The maximum atomic E-state index is 8.22. The van der Waals surface area contributed by atoms with Crippen LogP contribution in [0.25, 0.3) is 291 Å². The Hall–Kier alpha value is -8.85. The lowest BCUT2D eigenvalue weighted by atomic mass is 9.52. The second-order valence-electron chi connectivity index (χ2n) is 25.5. The van der Waals surface area contributed by atoms with Crippen LogP contribution in [0.4, 0.5) is 0 Å². The number of oxime groups is 1. The summed E-state index contributed by atoms with van der Waals surface area (Å²) in [4.78, 5) is 8.22. The topological polar surface area (TPSA) is 21.6 Å². The van der Waals surface area contributed by atoms with Gasteiger partial charge in [0.05, 0.1) is 11.1 Å². The molecule has 70 heavy (non-hydrogen) atoms. The normalized spacial score (nSPS) is 22.5. The van der Waals surface area contributed by atoms with Crippen molar-refractivity contribution >= 4 is 297 Å². The second kappa shape index (κ2) is 5.76. The Balaban J connectivity index is 1.17. The summed E-state index contributed by atoms with van der Waals surface area (Å²) in [6.45, 7) is 0. The third-order valence-corrected chi connectivity index (χ3v) is 25.2. The lowest BCUT2D eigenvalue weighted by molar-refractivity contribution is -0.0679. The Labute approximate surface area is 380 Å². The van der Waals surface area contributed by atoms with Crippen molar-refractivity contribution in [2.24, 2.45) is 5.16 Å². The molecule has 0 unspecified atom stereocenters. The number of benzene rings is 19. The zero-order valence-electron chi connectivity index (χ0n) is 35.4. The van der Waals surface area contributed by atoms with Gasteiger partial charge in [0, 0.05) is 17.5 Å². The average molecular weight is 854 g/mol. The quantitative estimate of drug-likeness (QED) is 0.151. The van der Waals surface area contributed by atoms with Crippen LogP contribution in [0, 0.1) is 0 Å². The van der Waals surface area contributed by atoms with E-state index in [-0.39, 0.29) is 0 Å². The number of rotatable bonds is 1. The van der Waals surface area contributed by atoms with E-state index in [1.165, 1.54) is 16.7 Å². The van der Waals surface area contributed by atoms with Crippen molar-refractivity contribution in [3.63, 3.8) is 0 Å². The van der Waals surface area contributed by atoms with E-state index in [0.29, 0.717) is 0 Å². The first kappa shape index (κ1) is 25.5. The summed E-state index contributed by atoms with van der Waals surface area (Å²) in [6.07, 6.45) is 0.840. The van der Waals surface area contributed by atoms with Crippen molar-refractivity contribution in [1.29, 1.82) is 0 Å². The molecule has 290 valence electrons. The van der Waals surface area contributed by atoms with Crippen LogP contribution in [0.15, 0.2) is 35.5 Å². The summed E-state index contributed by atoms with van der Waals surface area (Å²) >= 11 is 0. The molecular weight excluding hydrogens is 847 g/mol. The summed E-state index contributed by atoms with van der Waals surface area (Å²) in [5.41, 5.74) is 7.31. The smallest absolute Gasteiger partial charge is 0.204 e. The molecule has 0 bridgehead atoms. The first-order valence-electron chi connectivity index (χ1n) is 26.0. The zero-order valence-corrected chi connectivity index (χ0v) is 35.4. The van der Waals surface area contributed by atoms with Crippen LogP contribution < -0.4 is 0 Å². The molecule has 0 aromatic heterocycles. The van der Waals surface area contributed by atoms with Crippen molar-refractivity contribution in [2.75, 3.05) is 0 Å². The third kappa shape index (κ3) is 1.33. The van der Waals surface area contributed by atoms with Crippen LogP contribution >= 0.6 is 0 Å². The molecule has 5 aliphatic rings. The lowest BCUT2D eigenvalue weighted by Gasteiger charge is -2.54. The Morgan fingerprint density at radius 2 is 0.443 bits per heavy atom. The van der Waals surface area contributed by atoms with E-state index in [9.17, 15) is 0 Å². The van der Waals surface area contributed by atoms with Gasteiger partial charge in [-0.25, -0.2) is 0 Å². The number of hydrogen-bond donors (Lipinski definition) is 0. The van der Waals surface area contributed by atoms with Crippen LogP contribution in [-0.4, -0.2) is 5.71 Å². The highest BCUT2D eigenvalue weighted by Crippen LogP contribution is 2.85. The Bertz CT molecular complexity index is 7230. The second-order valence-corrected chi connectivity index (χ2v) is 25.5. The van der Waals surface area contributed by atoms with Crippen molar-refractivity contribution in [2.45, 2.75) is 17.4 Å². The van der Waals surface area contributed by atoms with Crippen molar-refractivity contribution in [3.05, 3.63) is 58.1 Å². The van der Waals surface area contributed by atoms with Crippen LogP contribution in [0.1, 0.15) is 34.2 Å². The molecule has 34 rings (SSSR count). The van der Waals surface area contributed by atoms with Gasteiger partial charge in [-0.2, -0.15) is 0 Å². The Morgan fingerprint density at radius 3 is 0.671 bits per heavy atom. The summed E-state index contributed by atoms with van der Waals surface area (Å²) in [7, 11) is 0. The average Bonchev–Trinajstić information content (AvgIpc) is 4.41. The molecule has 0 radical (unpaired) electrons. The minimum absolute atomic E-state index is 0.495. The molecular formula is C68H7NO. The van der Waals surface area contributed by atoms with Gasteiger partial charge < -0.3 is 4.84 Å². The molecule has 0 fully saturated rings. The molecule has 0 atom stereocenters. The molecule has 2 heteroatoms. The Morgan fingerprint density at radius 1 is 0.243 bits per heavy atom.